The summed E-state index contributed by atoms with van der Waals surface area (Å²) in [5.74, 6) is 0.460. The van der Waals surface area contributed by atoms with Crippen molar-refractivity contribution >= 4 is 23.7 Å². The van der Waals surface area contributed by atoms with Gasteiger partial charge in [0.1, 0.15) is 5.75 Å². The van der Waals surface area contributed by atoms with Gasteiger partial charge in [-0.25, -0.2) is 5.43 Å². The van der Waals surface area contributed by atoms with Crippen LogP contribution in [0.4, 0.5) is 0 Å². The van der Waals surface area contributed by atoms with E-state index in [4.69, 9.17) is 16.3 Å². The number of halogens is 1. The second-order valence-electron chi connectivity index (χ2n) is 4.68. The summed E-state index contributed by atoms with van der Waals surface area (Å²) >= 11 is 6.04. The molecule has 0 saturated heterocycles. The molecule has 0 bridgehead atoms. The number of hydrogen-bond donors (Lipinski definition) is 1. The first-order chi connectivity index (χ1) is 10.6. The molecule has 0 heterocycles. The fraction of sp³-hybridized carbons (Fsp3) is 0.176. The Morgan fingerprint density at radius 2 is 2.00 bits per heavy atom. The molecule has 0 radical (unpaired) electrons. The van der Waals surface area contributed by atoms with Crippen molar-refractivity contribution in [2.24, 2.45) is 5.10 Å². The molecule has 114 valence electrons. The molecule has 0 fully saturated rings. The number of ether oxygens (including phenoxy) is 1. The van der Waals surface area contributed by atoms with E-state index in [-0.39, 0.29) is 5.91 Å². The first kappa shape index (κ1) is 16.0. The van der Waals surface area contributed by atoms with Crippen molar-refractivity contribution < 1.29 is 9.53 Å². The van der Waals surface area contributed by atoms with Crippen LogP contribution in [-0.2, 0) is 0 Å². The predicted octanol–water partition coefficient (Wildman–Crippen LogP) is 3.81. The second-order valence-corrected chi connectivity index (χ2v) is 5.09. The lowest BCUT2D eigenvalue weighted by Crippen LogP contribution is -2.18. The SMILES string of the molecule is CCOc1ccc(C=NNC(=O)c2ccc(C)cc2Cl)cc1. The standard InChI is InChI=1S/C17H17ClN2O2/c1-3-22-14-7-5-13(6-8-14)11-19-20-17(21)15-9-4-12(2)10-16(15)18/h4-11H,3H2,1-2H3,(H,20,21). The van der Waals surface area contributed by atoms with Gasteiger partial charge in [-0.1, -0.05) is 17.7 Å². The summed E-state index contributed by atoms with van der Waals surface area (Å²) in [4.78, 5) is 12.0. The molecule has 2 aromatic rings. The predicted molar refractivity (Wildman–Crippen MR) is 88.9 cm³/mol. The zero-order chi connectivity index (χ0) is 15.9. The molecular formula is C17H17ClN2O2. The van der Waals surface area contributed by atoms with E-state index in [0.717, 1.165) is 16.9 Å². The lowest BCUT2D eigenvalue weighted by molar-refractivity contribution is 0.0955. The van der Waals surface area contributed by atoms with Gasteiger partial charge in [-0.2, -0.15) is 5.10 Å². The molecule has 0 atom stereocenters. The van der Waals surface area contributed by atoms with Crippen molar-refractivity contribution in [3.05, 3.63) is 64.2 Å². The van der Waals surface area contributed by atoms with Crippen LogP contribution in [0.2, 0.25) is 5.02 Å². The zero-order valence-electron chi connectivity index (χ0n) is 12.5. The molecule has 0 saturated carbocycles. The molecule has 5 heteroatoms. The number of hydrazone groups is 1. The van der Waals surface area contributed by atoms with Gasteiger partial charge in [0.25, 0.3) is 5.91 Å². The number of carbonyl (C=O) groups is 1. The molecule has 0 spiro atoms. The number of rotatable bonds is 5. The van der Waals surface area contributed by atoms with Gasteiger partial charge in [0.2, 0.25) is 0 Å². The topological polar surface area (TPSA) is 50.7 Å². The molecule has 1 amide bonds. The highest BCUT2D eigenvalue weighted by Crippen LogP contribution is 2.17. The minimum absolute atomic E-state index is 0.341. The van der Waals surface area contributed by atoms with E-state index in [1.54, 1.807) is 18.3 Å². The van der Waals surface area contributed by atoms with Gasteiger partial charge in [0, 0.05) is 0 Å². The Morgan fingerprint density at radius 3 is 2.64 bits per heavy atom. The lowest BCUT2D eigenvalue weighted by Gasteiger charge is -2.04. The van der Waals surface area contributed by atoms with Crippen LogP contribution < -0.4 is 10.2 Å². The first-order valence-electron chi connectivity index (χ1n) is 6.92. The van der Waals surface area contributed by atoms with Crippen molar-refractivity contribution in [1.29, 1.82) is 0 Å². The van der Waals surface area contributed by atoms with Crippen LogP contribution in [0.15, 0.2) is 47.6 Å². The molecule has 22 heavy (non-hydrogen) atoms. The fourth-order valence-corrected chi connectivity index (χ4v) is 2.17. The van der Waals surface area contributed by atoms with Gasteiger partial charge >= 0.3 is 0 Å². The van der Waals surface area contributed by atoms with Crippen LogP contribution in [-0.4, -0.2) is 18.7 Å². The Hall–Kier alpha value is -2.33. The maximum atomic E-state index is 12.0. The smallest absolute Gasteiger partial charge is 0.272 e. The van der Waals surface area contributed by atoms with E-state index in [2.05, 4.69) is 10.5 Å². The monoisotopic (exact) mass is 316 g/mol. The number of carbonyl (C=O) groups excluding carboxylic acids is 1. The Labute approximate surface area is 134 Å². The first-order valence-corrected chi connectivity index (χ1v) is 7.30. The highest BCUT2D eigenvalue weighted by molar-refractivity contribution is 6.33. The van der Waals surface area contributed by atoms with E-state index in [1.807, 2.05) is 44.2 Å². The maximum absolute atomic E-state index is 12.0. The van der Waals surface area contributed by atoms with Gasteiger partial charge < -0.3 is 4.74 Å². The third-order valence-corrected chi connectivity index (χ3v) is 3.25. The van der Waals surface area contributed by atoms with Crippen LogP contribution in [0.5, 0.6) is 5.75 Å². The van der Waals surface area contributed by atoms with Crippen LogP contribution in [0.1, 0.15) is 28.4 Å². The van der Waals surface area contributed by atoms with Gasteiger partial charge in [-0.3, -0.25) is 4.79 Å². The van der Waals surface area contributed by atoms with Crippen LogP contribution in [0.3, 0.4) is 0 Å². The van der Waals surface area contributed by atoms with E-state index in [1.165, 1.54) is 0 Å². The average Bonchev–Trinajstić information content (AvgIpc) is 2.49. The molecular weight excluding hydrogens is 300 g/mol. The third kappa shape index (κ3) is 4.33. The molecule has 0 unspecified atom stereocenters. The number of hydrogen-bond acceptors (Lipinski definition) is 3. The van der Waals surface area contributed by atoms with Crippen molar-refractivity contribution in [2.45, 2.75) is 13.8 Å². The third-order valence-electron chi connectivity index (χ3n) is 2.94. The van der Waals surface area contributed by atoms with Crippen molar-refractivity contribution in [1.82, 2.24) is 5.43 Å². The minimum atomic E-state index is -0.341. The summed E-state index contributed by atoms with van der Waals surface area (Å²) in [5, 5.41) is 4.34. The molecule has 2 rings (SSSR count). The Balaban J connectivity index is 1.98. The molecule has 1 N–H and O–H groups in total. The summed E-state index contributed by atoms with van der Waals surface area (Å²) in [6.07, 6.45) is 1.57. The van der Waals surface area contributed by atoms with Gasteiger partial charge in [0.15, 0.2) is 0 Å². The largest absolute Gasteiger partial charge is 0.494 e. The van der Waals surface area contributed by atoms with Crippen molar-refractivity contribution in [3.8, 4) is 5.75 Å². The highest BCUT2D eigenvalue weighted by Gasteiger charge is 2.08. The molecule has 0 aliphatic heterocycles. The quantitative estimate of drug-likeness (QED) is 0.673. The molecule has 0 aliphatic carbocycles. The van der Waals surface area contributed by atoms with Crippen LogP contribution in [0.25, 0.3) is 0 Å². The highest BCUT2D eigenvalue weighted by atomic mass is 35.5. The number of nitrogens with zero attached hydrogens (tertiary/aromatic N) is 1. The van der Waals surface area contributed by atoms with E-state index in [0.29, 0.717) is 17.2 Å². The van der Waals surface area contributed by atoms with Crippen LogP contribution in [0, 0.1) is 6.92 Å². The second kappa shape index (κ2) is 7.61. The normalized spacial score (nSPS) is 10.7. The van der Waals surface area contributed by atoms with Gasteiger partial charge in [-0.05, 0) is 61.4 Å². The summed E-state index contributed by atoms with van der Waals surface area (Å²) in [6, 6.07) is 12.7. The van der Waals surface area contributed by atoms with Crippen LogP contribution >= 0.6 is 11.6 Å². The Morgan fingerprint density at radius 1 is 1.27 bits per heavy atom. The van der Waals surface area contributed by atoms with Crippen molar-refractivity contribution in [3.63, 3.8) is 0 Å². The van der Waals surface area contributed by atoms with Crippen molar-refractivity contribution in [2.75, 3.05) is 6.61 Å². The lowest BCUT2D eigenvalue weighted by atomic mass is 10.1. The number of amides is 1. The van der Waals surface area contributed by atoms with Gasteiger partial charge in [-0.15, -0.1) is 0 Å². The Bertz CT molecular complexity index is 682. The van der Waals surface area contributed by atoms with Gasteiger partial charge in [0.05, 0.1) is 23.4 Å². The van der Waals surface area contributed by atoms with E-state index in [9.17, 15) is 4.79 Å². The van der Waals surface area contributed by atoms with E-state index < -0.39 is 0 Å². The summed E-state index contributed by atoms with van der Waals surface area (Å²) in [7, 11) is 0. The molecule has 0 aliphatic rings. The summed E-state index contributed by atoms with van der Waals surface area (Å²) in [6.45, 7) is 4.47. The average molecular weight is 317 g/mol. The molecule has 0 aromatic heterocycles. The fourth-order valence-electron chi connectivity index (χ4n) is 1.85. The van der Waals surface area contributed by atoms with E-state index >= 15 is 0 Å². The number of aryl methyl sites for hydroxylation is 1. The summed E-state index contributed by atoms with van der Waals surface area (Å²) < 4.78 is 5.36. The minimum Gasteiger partial charge on any atom is -0.494 e. The Kier molecular flexibility index (Phi) is 5.55. The number of nitrogens with one attached hydrogen (secondary N) is 1. The summed E-state index contributed by atoms with van der Waals surface area (Å²) in [5.41, 5.74) is 4.72. The molecule has 4 nitrogen and oxygen atoms in total. The number of benzene rings is 2. The zero-order valence-corrected chi connectivity index (χ0v) is 13.2. The maximum Gasteiger partial charge on any atom is 0.272 e. The molecule has 2 aromatic carbocycles.